The maximum Gasteiger partial charge on any atom is 0.351 e. The van der Waals surface area contributed by atoms with Crippen LogP contribution < -0.4 is 16.7 Å². The van der Waals surface area contributed by atoms with E-state index < -0.39 is 11.9 Å². The minimum absolute atomic E-state index is 0.108. The first kappa shape index (κ1) is 14.5. The van der Waals surface area contributed by atoms with Crippen LogP contribution in [0.1, 0.15) is 25.1 Å². The van der Waals surface area contributed by atoms with E-state index in [0.29, 0.717) is 25.1 Å². The molecule has 20 heavy (non-hydrogen) atoms. The van der Waals surface area contributed by atoms with E-state index in [1.165, 1.54) is 4.57 Å². The predicted octanol–water partition coefficient (Wildman–Crippen LogP) is -0.934. The lowest BCUT2D eigenvalue weighted by Crippen LogP contribution is -2.46. The van der Waals surface area contributed by atoms with Crippen LogP contribution in [0.15, 0.2) is 11.0 Å². The van der Waals surface area contributed by atoms with Gasteiger partial charge in [0.25, 0.3) is 0 Å². The summed E-state index contributed by atoms with van der Waals surface area (Å²) in [5.41, 5.74) is 5.70. The minimum Gasteiger partial charge on any atom is -0.394 e. The van der Waals surface area contributed by atoms with Crippen molar-refractivity contribution in [3.63, 3.8) is 0 Å². The highest BCUT2D eigenvalue weighted by molar-refractivity contribution is 5.48. The Morgan fingerprint density at radius 2 is 2.45 bits per heavy atom. The molecule has 2 heterocycles. The first-order chi connectivity index (χ1) is 9.65. The third kappa shape index (κ3) is 3.17. The summed E-state index contributed by atoms with van der Waals surface area (Å²) in [5.74, 6) is 5.89. The van der Waals surface area contributed by atoms with E-state index >= 15 is 0 Å². The largest absolute Gasteiger partial charge is 0.394 e. The van der Waals surface area contributed by atoms with Crippen molar-refractivity contribution in [3.8, 4) is 11.8 Å². The molecule has 1 aromatic heterocycles. The predicted molar refractivity (Wildman–Crippen MR) is 73.9 cm³/mol. The highest BCUT2D eigenvalue weighted by Gasteiger charge is 2.24. The summed E-state index contributed by atoms with van der Waals surface area (Å²) in [7, 11) is 0. The van der Waals surface area contributed by atoms with Gasteiger partial charge in [-0.2, -0.15) is 4.98 Å². The molecule has 0 radical (unpaired) electrons. The van der Waals surface area contributed by atoms with Crippen LogP contribution in [0.3, 0.4) is 0 Å². The summed E-state index contributed by atoms with van der Waals surface area (Å²) >= 11 is 0. The number of aliphatic hydroxyl groups is 1. The fourth-order valence-corrected chi connectivity index (χ4v) is 1.93. The van der Waals surface area contributed by atoms with Gasteiger partial charge in [-0.15, -0.1) is 0 Å². The average molecular weight is 278 g/mol. The second-order valence-electron chi connectivity index (χ2n) is 4.44. The summed E-state index contributed by atoms with van der Waals surface area (Å²) < 4.78 is 6.98. The molecular weight excluding hydrogens is 260 g/mol. The van der Waals surface area contributed by atoms with Gasteiger partial charge in [-0.05, 0) is 0 Å². The molecule has 1 aliphatic heterocycles. The van der Waals surface area contributed by atoms with Gasteiger partial charge in [0.15, 0.2) is 6.23 Å². The SMILES string of the molecule is CCC#Cc1cn(C2CNCC(CO)O2)c(=O)nc1N. The molecule has 2 atom stereocenters. The number of hydrogen-bond donors (Lipinski definition) is 3. The zero-order chi connectivity index (χ0) is 14.5. The van der Waals surface area contributed by atoms with E-state index in [1.54, 1.807) is 6.20 Å². The Hall–Kier alpha value is -1.88. The summed E-state index contributed by atoms with van der Waals surface area (Å²) in [6.07, 6.45) is 1.37. The van der Waals surface area contributed by atoms with E-state index in [1.807, 2.05) is 6.92 Å². The van der Waals surface area contributed by atoms with Gasteiger partial charge in [0.1, 0.15) is 5.82 Å². The molecule has 1 aliphatic rings. The Labute approximate surface area is 116 Å². The number of hydrogen-bond acceptors (Lipinski definition) is 6. The Bertz CT molecular complexity index is 588. The summed E-state index contributed by atoms with van der Waals surface area (Å²) in [4.78, 5) is 15.7. The van der Waals surface area contributed by atoms with Gasteiger partial charge in [-0.1, -0.05) is 18.8 Å². The van der Waals surface area contributed by atoms with Crippen molar-refractivity contribution in [3.05, 3.63) is 22.2 Å². The monoisotopic (exact) mass is 278 g/mol. The topological polar surface area (TPSA) is 102 Å². The first-order valence-corrected chi connectivity index (χ1v) is 6.50. The zero-order valence-corrected chi connectivity index (χ0v) is 11.3. The van der Waals surface area contributed by atoms with Crippen molar-refractivity contribution in [2.45, 2.75) is 25.7 Å². The fourth-order valence-electron chi connectivity index (χ4n) is 1.93. The van der Waals surface area contributed by atoms with Crippen molar-refractivity contribution in [2.75, 3.05) is 25.4 Å². The second kappa shape index (κ2) is 6.52. The maximum absolute atomic E-state index is 11.9. The Balaban J connectivity index is 2.33. The van der Waals surface area contributed by atoms with E-state index in [-0.39, 0.29) is 18.5 Å². The van der Waals surface area contributed by atoms with E-state index in [9.17, 15) is 4.79 Å². The number of aliphatic hydroxyl groups excluding tert-OH is 1. The molecule has 1 saturated heterocycles. The second-order valence-corrected chi connectivity index (χ2v) is 4.44. The lowest BCUT2D eigenvalue weighted by Gasteiger charge is -2.30. The van der Waals surface area contributed by atoms with Crippen molar-refractivity contribution in [1.29, 1.82) is 0 Å². The van der Waals surface area contributed by atoms with Gasteiger partial charge >= 0.3 is 5.69 Å². The molecule has 7 nitrogen and oxygen atoms in total. The lowest BCUT2D eigenvalue weighted by molar-refractivity contribution is -0.0967. The average Bonchev–Trinajstić information content (AvgIpc) is 2.46. The van der Waals surface area contributed by atoms with Crippen molar-refractivity contribution < 1.29 is 9.84 Å². The molecule has 7 heteroatoms. The number of ether oxygens (including phenoxy) is 1. The Morgan fingerprint density at radius 3 is 3.15 bits per heavy atom. The van der Waals surface area contributed by atoms with Crippen LogP contribution in [0.2, 0.25) is 0 Å². The van der Waals surface area contributed by atoms with Gasteiger partial charge in [-0.3, -0.25) is 4.57 Å². The standard InChI is InChI=1S/C13H18N4O3/c1-2-3-4-9-7-17(13(19)16-12(9)14)11-6-15-5-10(8-18)20-11/h7,10-11,15,18H,2,5-6,8H2,1H3,(H2,14,16,19). The van der Waals surface area contributed by atoms with Crippen LogP contribution in [-0.2, 0) is 4.74 Å². The van der Waals surface area contributed by atoms with Crippen LogP contribution in [0.4, 0.5) is 5.82 Å². The van der Waals surface area contributed by atoms with Crippen molar-refractivity contribution in [2.24, 2.45) is 0 Å². The third-order valence-electron chi connectivity index (χ3n) is 2.94. The summed E-state index contributed by atoms with van der Waals surface area (Å²) in [5, 5.41) is 12.2. The molecule has 0 aliphatic carbocycles. The molecule has 4 N–H and O–H groups in total. The number of rotatable bonds is 2. The molecule has 0 bridgehead atoms. The maximum atomic E-state index is 11.9. The number of nitrogens with two attached hydrogens (primary N) is 1. The molecule has 0 aromatic carbocycles. The van der Waals surface area contributed by atoms with Crippen LogP contribution >= 0.6 is 0 Å². The van der Waals surface area contributed by atoms with E-state index in [4.69, 9.17) is 15.6 Å². The molecule has 1 aromatic rings. The highest BCUT2D eigenvalue weighted by Crippen LogP contribution is 2.14. The molecular formula is C13H18N4O3. The molecule has 0 saturated carbocycles. The van der Waals surface area contributed by atoms with Crippen molar-refractivity contribution in [1.82, 2.24) is 14.9 Å². The lowest BCUT2D eigenvalue weighted by atomic mass is 10.2. The third-order valence-corrected chi connectivity index (χ3v) is 2.94. The van der Waals surface area contributed by atoms with Gasteiger partial charge in [0.05, 0.1) is 18.3 Å². The van der Waals surface area contributed by atoms with Crippen LogP contribution in [0.25, 0.3) is 0 Å². The van der Waals surface area contributed by atoms with Gasteiger partial charge < -0.3 is 20.9 Å². The molecule has 2 rings (SSSR count). The van der Waals surface area contributed by atoms with Crippen LogP contribution in [-0.4, -0.2) is 40.5 Å². The highest BCUT2D eigenvalue weighted by atomic mass is 16.5. The molecule has 1 fully saturated rings. The number of morpholine rings is 1. The molecule has 0 spiro atoms. The van der Waals surface area contributed by atoms with Crippen LogP contribution in [0.5, 0.6) is 0 Å². The zero-order valence-electron chi connectivity index (χ0n) is 11.3. The molecule has 2 unspecified atom stereocenters. The van der Waals surface area contributed by atoms with Gasteiger partial charge in [0.2, 0.25) is 0 Å². The number of anilines is 1. The smallest absolute Gasteiger partial charge is 0.351 e. The first-order valence-electron chi connectivity index (χ1n) is 6.50. The van der Waals surface area contributed by atoms with Crippen molar-refractivity contribution >= 4 is 5.82 Å². The quantitative estimate of drug-likeness (QED) is 0.604. The van der Waals surface area contributed by atoms with Crippen LogP contribution in [0, 0.1) is 11.8 Å². The molecule has 108 valence electrons. The number of nitrogen functional groups attached to an aromatic ring is 1. The Morgan fingerprint density at radius 1 is 1.65 bits per heavy atom. The van der Waals surface area contributed by atoms with Gasteiger partial charge in [0, 0.05) is 25.7 Å². The molecule has 0 amide bonds. The minimum atomic E-state index is -0.524. The normalized spacial score (nSPS) is 22.1. The number of nitrogens with one attached hydrogen (secondary N) is 1. The summed E-state index contributed by atoms with van der Waals surface area (Å²) in [6.45, 7) is 2.82. The van der Waals surface area contributed by atoms with E-state index in [2.05, 4.69) is 22.1 Å². The number of aromatic nitrogens is 2. The van der Waals surface area contributed by atoms with E-state index in [0.717, 1.165) is 0 Å². The summed E-state index contributed by atoms with van der Waals surface area (Å²) in [6, 6.07) is 0. The number of nitrogens with zero attached hydrogens (tertiary/aromatic N) is 2. The fraction of sp³-hybridized carbons (Fsp3) is 0.538. The Kier molecular flexibility index (Phi) is 4.74. The van der Waals surface area contributed by atoms with Gasteiger partial charge in [-0.25, -0.2) is 4.79 Å².